The van der Waals surface area contributed by atoms with E-state index < -0.39 is 6.04 Å². The van der Waals surface area contributed by atoms with Gasteiger partial charge in [0, 0.05) is 29.6 Å². The molecule has 1 N–H and O–H groups in total. The van der Waals surface area contributed by atoms with Crippen LogP contribution in [0.5, 0.6) is 5.75 Å². The van der Waals surface area contributed by atoms with Crippen molar-refractivity contribution >= 4 is 35.0 Å². The summed E-state index contributed by atoms with van der Waals surface area (Å²) in [5.74, 6) is 0.130. The summed E-state index contributed by atoms with van der Waals surface area (Å²) in [5.41, 5.74) is 3.70. The number of carbonyl (C=O) groups is 2. The van der Waals surface area contributed by atoms with E-state index in [4.69, 9.17) is 27.9 Å². The minimum Gasteiger partial charge on any atom is -0.483 e. The van der Waals surface area contributed by atoms with Crippen molar-refractivity contribution in [3.05, 3.63) is 99.0 Å². The molecule has 0 saturated carbocycles. The summed E-state index contributed by atoms with van der Waals surface area (Å²) < 4.78 is 5.95. The minimum absolute atomic E-state index is 0.143. The van der Waals surface area contributed by atoms with Crippen LogP contribution >= 0.6 is 23.2 Å². The largest absolute Gasteiger partial charge is 0.483 e. The number of halogens is 2. The molecule has 3 aromatic carbocycles. The van der Waals surface area contributed by atoms with E-state index in [0.717, 1.165) is 29.5 Å². The van der Waals surface area contributed by atoms with Crippen LogP contribution in [0.25, 0.3) is 0 Å². The number of hydrogen-bond acceptors (Lipinski definition) is 3. The van der Waals surface area contributed by atoms with E-state index in [9.17, 15) is 9.59 Å². The standard InChI is InChI=1S/C30H34Cl2N2O3/c1-4-5-16-33-30(36)27(17-23-11-7-6-8-12-23)34(19-24-14-15-25(31)18-26(24)32)29(35)20-37-28-13-9-10-21(2)22(28)3/h6-15,18,27H,4-5,16-17,19-20H2,1-3H3,(H,33,36). The van der Waals surface area contributed by atoms with Crippen LogP contribution in [0.3, 0.4) is 0 Å². The maximum absolute atomic E-state index is 13.7. The molecule has 0 spiro atoms. The molecule has 0 heterocycles. The third-order valence-electron chi connectivity index (χ3n) is 6.36. The Hall–Kier alpha value is -3.02. The fourth-order valence-electron chi connectivity index (χ4n) is 4.00. The van der Waals surface area contributed by atoms with Gasteiger partial charge in [0.2, 0.25) is 5.91 Å². The highest BCUT2D eigenvalue weighted by molar-refractivity contribution is 6.35. The van der Waals surface area contributed by atoms with E-state index >= 15 is 0 Å². The molecule has 0 aliphatic carbocycles. The summed E-state index contributed by atoms with van der Waals surface area (Å²) in [6.07, 6.45) is 2.17. The van der Waals surface area contributed by atoms with Crippen LogP contribution < -0.4 is 10.1 Å². The Labute approximate surface area is 229 Å². The van der Waals surface area contributed by atoms with Crippen molar-refractivity contribution in [2.75, 3.05) is 13.2 Å². The minimum atomic E-state index is -0.749. The first kappa shape index (κ1) is 28.5. The van der Waals surface area contributed by atoms with Crippen LogP contribution in [0.15, 0.2) is 66.7 Å². The average Bonchev–Trinajstić information content (AvgIpc) is 2.88. The summed E-state index contributed by atoms with van der Waals surface area (Å²) in [6, 6.07) is 19.8. The lowest BCUT2D eigenvalue weighted by Crippen LogP contribution is -2.51. The fourth-order valence-corrected chi connectivity index (χ4v) is 4.46. The second kappa shape index (κ2) is 14.1. The van der Waals surface area contributed by atoms with Crippen molar-refractivity contribution in [1.82, 2.24) is 10.2 Å². The van der Waals surface area contributed by atoms with Crippen molar-refractivity contribution in [2.45, 2.75) is 52.6 Å². The van der Waals surface area contributed by atoms with Gasteiger partial charge in [0.25, 0.3) is 5.91 Å². The van der Waals surface area contributed by atoms with Crippen LogP contribution in [0.2, 0.25) is 10.0 Å². The first-order valence-electron chi connectivity index (χ1n) is 12.5. The van der Waals surface area contributed by atoms with Crippen molar-refractivity contribution in [1.29, 1.82) is 0 Å². The van der Waals surface area contributed by atoms with Crippen molar-refractivity contribution in [3.63, 3.8) is 0 Å². The number of ether oxygens (including phenoxy) is 1. The Morgan fingerprint density at radius 2 is 1.76 bits per heavy atom. The predicted octanol–water partition coefficient (Wildman–Crippen LogP) is 6.55. The molecule has 3 rings (SSSR count). The molecule has 0 aliphatic rings. The molecule has 1 unspecified atom stereocenters. The van der Waals surface area contributed by atoms with E-state index in [2.05, 4.69) is 12.2 Å². The van der Waals surface area contributed by atoms with Gasteiger partial charge in [0.05, 0.1) is 0 Å². The molecule has 196 valence electrons. The van der Waals surface area contributed by atoms with Crippen LogP contribution in [0.1, 0.15) is 42.0 Å². The van der Waals surface area contributed by atoms with Crippen LogP contribution in [0.4, 0.5) is 0 Å². The predicted molar refractivity (Wildman–Crippen MR) is 150 cm³/mol. The topological polar surface area (TPSA) is 58.6 Å². The number of unbranched alkanes of at least 4 members (excludes halogenated alkanes) is 1. The Bertz CT molecular complexity index is 1200. The quantitative estimate of drug-likeness (QED) is 0.265. The average molecular weight is 542 g/mol. The van der Waals surface area contributed by atoms with E-state index in [-0.39, 0.29) is 25.0 Å². The molecule has 2 amide bonds. The molecular weight excluding hydrogens is 507 g/mol. The number of nitrogens with one attached hydrogen (secondary N) is 1. The van der Waals surface area contributed by atoms with Crippen LogP contribution in [-0.4, -0.2) is 35.9 Å². The molecule has 5 nitrogen and oxygen atoms in total. The molecule has 1 atom stereocenters. The van der Waals surface area contributed by atoms with Crippen molar-refractivity contribution in [3.8, 4) is 5.75 Å². The Kier molecular flexibility index (Phi) is 10.8. The highest BCUT2D eigenvalue weighted by Crippen LogP contribution is 2.25. The summed E-state index contributed by atoms with van der Waals surface area (Å²) in [7, 11) is 0. The molecule has 0 radical (unpaired) electrons. The third-order valence-corrected chi connectivity index (χ3v) is 6.95. The lowest BCUT2D eigenvalue weighted by molar-refractivity contribution is -0.142. The first-order chi connectivity index (χ1) is 17.8. The smallest absolute Gasteiger partial charge is 0.261 e. The van der Waals surface area contributed by atoms with Gasteiger partial charge >= 0.3 is 0 Å². The molecule has 0 aromatic heterocycles. The number of amides is 2. The second-order valence-corrected chi connectivity index (χ2v) is 9.94. The van der Waals surface area contributed by atoms with Crippen molar-refractivity contribution < 1.29 is 14.3 Å². The highest BCUT2D eigenvalue weighted by atomic mass is 35.5. The summed E-state index contributed by atoms with van der Waals surface area (Å²) in [4.78, 5) is 28.7. The van der Waals surface area contributed by atoms with Gasteiger partial charge in [0.15, 0.2) is 6.61 Å². The zero-order chi connectivity index (χ0) is 26.8. The van der Waals surface area contributed by atoms with E-state index in [1.165, 1.54) is 0 Å². The number of benzene rings is 3. The normalized spacial score (nSPS) is 11.6. The molecule has 7 heteroatoms. The Balaban J connectivity index is 1.93. The van der Waals surface area contributed by atoms with E-state index in [1.807, 2.05) is 62.4 Å². The third kappa shape index (κ3) is 8.24. The number of nitrogens with zero attached hydrogens (tertiary/aromatic N) is 1. The zero-order valence-corrected chi connectivity index (χ0v) is 23.1. The molecule has 0 aliphatic heterocycles. The molecule has 37 heavy (non-hydrogen) atoms. The number of rotatable bonds is 12. The molecule has 3 aromatic rings. The van der Waals surface area contributed by atoms with Crippen LogP contribution in [0, 0.1) is 13.8 Å². The van der Waals surface area contributed by atoms with Gasteiger partial charge in [-0.2, -0.15) is 0 Å². The van der Waals surface area contributed by atoms with Gasteiger partial charge in [0.1, 0.15) is 11.8 Å². The lowest BCUT2D eigenvalue weighted by atomic mass is 10.0. The van der Waals surface area contributed by atoms with E-state index in [0.29, 0.717) is 34.3 Å². The molecule has 0 bridgehead atoms. The first-order valence-corrected chi connectivity index (χ1v) is 13.3. The van der Waals surface area contributed by atoms with Gasteiger partial charge in [-0.3, -0.25) is 9.59 Å². The van der Waals surface area contributed by atoms with Crippen molar-refractivity contribution in [2.24, 2.45) is 0 Å². The summed E-state index contributed by atoms with van der Waals surface area (Å²) in [5, 5.41) is 3.95. The number of hydrogen-bond donors (Lipinski definition) is 1. The monoisotopic (exact) mass is 540 g/mol. The molecule has 0 saturated heterocycles. The zero-order valence-electron chi connectivity index (χ0n) is 21.6. The number of aryl methyl sites for hydroxylation is 1. The SMILES string of the molecule is CCCCNC(=O)C(Cc1ccccc1)N(Cc1ccc(Cl)cc1Cl)C(=O)COc1cccc(C)c1C. The summed E-state index contributed by atoms with van der Waals surface area (Å²) >= 11 is 12.6. The van der Waals surface area contributed by atoms with Crippen LogP contribution in [-0.2, 0) is 22.6 Å². The van der Waals surface area contributed by atoms with Gasteiger partial charge in [-0.25, -0.2) is 0 Å². The van der Waals surface area contributed by atoms with Gasteiger partial charge in [-0.15, -0.1) is 0 Å². The van der Waals surface area contributed by atoms with E-state index in [1.54, 1.807) is 23.1 Å². The second-order valence-electron chi connectivity index (χ2n) is 9.09. The number of carbonyl (C=O) groups excluding carboxylic acids is 2. The Morgan fingerprint density at radius 3 is 2.46 bits per heavy atom. The molecular formula is C30H34Cl2N2O3. The fraction of sp³-hybridized carbons (Fsp3) is 0.333. The Morgan fingerprint density at radius 1 is 1.00 bits per heavy atom. The van der Waals surface area contributed by atoms with Gasteiger partial charge in [-0.1, -0.05) is 85.1 Å². The molecule has 0 fully saturated rings. The highest BCUT2D eigenvalue weighted by Gasteiger charge is 2.31. The van der Waals surface area contributed by atoms with Gasteiger partial charge < -0.3 is 15.0 Å². The summed E-state index contributed by atoms with van der Waals surface area (Å²) in [6.45, 7) is 6.50. The maximum Gasteiger partial charge on any atom is 0.261 e. The van der Waals surface area contributed by atoms with Gasteiger partial charge in [-0.05, 0) is 60.7 Å². The maximum atomic E-state index is 13.7. The lowest BCUT2D eigenvalue weighted by Gasteiger charge is -2.32.